The molecule has 10 nitrogen and oxygen atoms in total. The summed E-state index contributed by atoms with van der Waals surface area (Å²) in [6, 6.07) is 12.3. The second-order valence-electron chi connectivity index (χ2n) is 10.2. The van der Waals surface area contributed by atoms with Crippen molar-refractivity contribution in [1.29, 1.82) is 0 Å². The molecule has 0 atom stereocenters. The lowest BCUT2D eigenvalue weighted by atomic mass is 10.0. The van der Waals surface area contributed by atoms with Gasteiger partial charge < -0.3 is 13.9 Å². The van der Waals surface area contributed by atoms with E-state index in [0.717, 1.165) is 28.1 Å². The molecule has 2 aromatic heterocycles. The lowest BCUT2D eigenvalue weighted by Gasteiger charge is -2.27. The van der Waals surface area contributed by atoms with Gasteiger partial charge in [-0.1, -0.05) is 35.0 Å². The minimum absolute atomic E-state index is 0.302. The van der Waals surface area contributed by atoms with E-state index in [1.807, 2.05) is 44.3 Å². The lowest BCUT2D eigenvalue weighted by molar-refractivity contribution is -0.158. The summed E-state index contributed by atoms with van der Waals surface area (Å²) in [5.41, 5.74) is 4.79. The van der Waals surface area contributed by atoms with Crippen LogP contribution in [0.15, 0.2) is 47.0 Å². The fourth-order valence-corrected chi connectivity index (χ4v) is 4.34. The molecule has 4 aromatic rings. The summed E-state index contributed by atoms with van der Waals surface area (Å²) in [5.74, 6) is 1.33. The van der Waals surface area contributed by atoms with Crippen molar-refractivity contribution in [2.45, 2.75) is 73.7 Å². The number of benzene rings is 2. The molecule has 0 spiro atoms. The van der Waals surface area contributed by atoms with Gasteiger partial charge in [0.1, 0.15) is 5.75 Å². The quantitative estimate of drug-likeness (QED) is 0.252. The summed E-state index contributed by atoms with van der Waals surface area (Å²) in [7, 11) is 0. The largest absolute Gasteiger partial charge is 0.476 e. The third kappa shape index (κ3) is 7.08. The molecule has 2 aromatic carbocycles. The van der Waals surface area contributed by atoms with Crippen LogP contribution in [0.25, 0.3) is 5.69 Å². The zero-order chi connectivity index (χ0) is 28.2. The molecule has 10 heteroatoms. The first kappa shape index (κ1) is 28.0. The maximum absolute atomic E-state index is 12.4. The third-order valence-electron chi connectivity index (χ3n) is 6.20. The maximum atomic E-state index is 12.4. The first-order valence-corrected chi connectivity index (χ1v) is 13.0. The summed E-state index contributed by atoms with van der Waals surface area (Å²) in [4.78, 5) is 14.5. The van der Waals surface area contributed by atoms with Crippen LogP contribution >= 0.6 is 0 Å². The van der Waals surface area contributed by atoms with Gasteiger partial charge in [0, 0.05) is 20.0 Å². The summed E-state index contributed by atoms with van der Waals surface area (Å²) in [5, 5.41) is 16.9. The van der Waals surface area contributed by atoms with Crippen molar-refractivity contribution < 1.29 is 18.7 Å². The van der Waals surface area contributed by atoms with E-state index >= 15 is 0 Å². The molecule has 206 valence electrons. The Bertz CT molecular complexity index is 1400. The van der Waals surface area contributed by atoms with Crippen LogP contribution in [0.5, 0.6) is 5.75 Å². The second kappa shape index (κ2) is 11.8. The van der Waals surface area contributed by atoms with E-state index in [4.69, 9.17) is 13.9 Å². The van der Waals surface area contributed by atoms with Crippen molar-refractivity contribution in [3.05, 3.63) is 82.3 Å². The van der Waals surface area contributed by atoms with Crippen LogP contribution in [-0.2, 0) is 29.2 Å². The predicted molar refractivity (Wildman–Crippen MR) is 145 cm³/mol. The highest BCUT2D eigenvalue weighted by atomic mass is 16.6. The third-order valence-corrected chi connectivity index (χ3v) is 6.20. The highest BCUT2D eigenvalue weighted by molar-refractivity contribution is 5.79. The Balaban J connectivity index is 1.55. The van der Waals surface area contributed by atoms with E-state index in [2.05, 4.69) is 44.5 Å². The highest BCUT2D eigenvalue weighted by Crippen LogP contribution is 2.30. The van der Waals surface area contributed by atoms with Crippen LogP contribution in [-0.4, -0.2) is 48.3 Å². The topological polar surface area (TPSA) is 108 Å². The molecule has 0 aliphatic heterocycles. The molecule has 0 unspecified atom stereocenters. The Morgan fingerprint density at radius 2 is 1.67 bits per heavy atom. The molecule has 4 rings (SSSR count). The summed E-state index contributed by atoms with van der Waals surface area (Å²) < 4.78 is 18.8. The van der Waals surface area contributed by atoms with Crippen LogP contribution in [0, 0.1) is 27.7 Å². The van der Waals surface area contributed by atoms with E-state index in [1.165, 1.54) is 5.56 Å². The van der Waals surface area contributed by atoms with E-state index in [9.17, 15) is 4.79 Å². The Labute approximate surface area is 228 Å². The van der Waals surface area contributed by atoms with Crippen molar-refractivity contribution in [3.63, 3.8) is 0 Å². The van der Waals surface area contributed by atoms with Crippen molar-refractivity contribution in [3.8, 4) is 11.4 Å². The number of ether oxygens (including phenoxy) is 2. The fourth-order valence-electron chi connectivity index (χ4n) is 4.34. The minimum Gasteiger partial charge on any atom is -0.476 e. The van der Waals surface area contributed by atoms with Gasteiger partial charge in [0.25, 0.3) is 0 Å². The Morgan fingerprint density at radius 1 is 0.974 bits per heavy atom. The number of rotatable bonds is 11. The number of carbonyl (C=O) groups excluding carboxylic acids is 1. The molecular formula is C29H36N6O4. The first-order chi connectivity index (χ1) is 18.5. The molecule has 0 amide bonds. The van der Waals surface area contributed by atoms with Crippen molar-refractivity contribution >= 4 is 5.97 Å². The number of hydrogen-bond donors (Lipinski definition) is 0. The van der Waals surface area contributed by atoms with Crippen molar-refractivity contribution in [1.82, 2.24) is 30.1 Å². The van der Waals surface area contributed by atoms with Gasteiger partial charge >= 0.3 is 5.97 Å². The first-order valence-electron chi connectivity index (χ1n) is 13.0. The van der Waals surface area contributed by atoms with Gasteiger partial charge in [-0.2, -0.15) is 0 Å². The molecule has 0 saturated carbocycles. The lowest BCUT2D eigenvalue weighted by Crippen LogP contribution is -2.40. The van der Waals surface area contributed by atoms with Gasteiger partial charge in [-0.05, 0) is 70.4 Å². The summed E-state index contributed by atoms with van der Waals surface area (Å²) in [6.45, 7) is 14.9. The highest BCUT2D eigenvalue weighted by Gasteiger charge is 2.32. The normalized spacial score (nSPS) is 11.7. The predicted octanol–water partition coefficient (Wildman–Crippen LogP) is 4.81. The maximum Gasteiger partial charge on any atom is 0.349 e. The molecule has 0 bridgehead atoms. The molecule has 0 aliphatic carbocycles. The standard InChI is InChI=1S/C29H36N6O4/c1-8-37-28(36)29(6,7)39-27-20(3)13-23(14-21(27)4)15-34(18-26-32-30-22(5)38-26)16-24-17-35(33-31-24)25-11-9-19(2)10-12-25/h9-14,17H,8,15-16,18H2,1-7H3. The zero-order valence-electron chi connectivity index (χ0n) is 23.7. The molecule has 0 saturated heterocycles. The van der Waals surface area contributed by atoms with Gasteiger partial charge in [0.2, 0.25) is 11.8 Å². The van der Waals surface area contributed by atoms with E-state index in [1.54, 1.807) is 32.4 Å². The smallest absolute Gasteiger partial charge is 0.349 e. The fraction of sp³-hybridized carbons (Fsp3) is 0.414. The van der Waals surface area contributed by atoms with Gasteiger partial charge in [-0.25, -0.2) is 9.48 Å². The molecule has 39 heavy (non-hydrogen) atoms. The molecule has 0 radical (unpaired) electrons. The number of aromatic nitrogens is 5. The summed E-state index contributed by atoms with van der Waals surface area (Å²) in [6.07, 6.45) is 1.93. The van der Waals surface area contributed by atoms with Crippen LogP contribution in [0.3, 0.4) is 0 Å². The Hall–Kier alpha value is -4.05. The average Bonchev–Trinajstić information content (AvgIpc) is 3.51. The van der Waals surface area contributed by atoms with Gasteiger partial charge in [0.15, 0.2) is 5.60 Å². The van der Waals surface area contributed by atoms with Crippen LogP contribution in [0.2, 0.25) is 0 Å². The van der Waals surface area contributed by atoms with Gasteiger partial charge in [0.05, 0.1) is 30.7 Å². The number of hydrogen-bond acceptors (Lipinski definition) is 9. The van der Waals surface area contributed by atoms with Crippen LogP contribution in [0.4, 0.5) is 0 Å². The number of nitrogens with zero attached hydrogens (tertiary/aromatic N) is 6. The molecular weight excluding hydrogens is 496 g/mol. The van der Waals surface area contributed by atoms with Crippen molar-refractivity contribution in [2.24, 2.45) is 0 Å². The van der Waals surface area contributed by atoms with E-state index in [-0.39, 0.29) is 0 Å². The minimum atomic E-state index is -1.10. The van der Waals surface area contributed by atoms with Crippen molar-refractivity contribution in [2.75, 3.05) is 6.61 Å². The number of esters is 1. The number of carbonyl (C=O) groups is 1. The van der Waals surface area contributed by atoms with Gasteiger partial charge in [-0.15, -0.1) is 15.3 Å². The van der Waals surface area contributed by atoms with Gasteiger partial charge in [-0.3, -0.25) is 4.90 Å². The molecule has 0 aliphatic rings. The van der Waals surface area contributed by atoms with Crippen LogP contribution in [0.1, 0.15) is 60.5 Å². The zero-order valence-corrected chi connectivity index (χ0v) is 23.7. The van der Waals surface area contributed by atoms with Crippen LogP contribution < -0.4 is 4.74 Å². The Morgan fingerprint density at radius 3 is 2.28 bits per heavy atom. The summed E-state index contributed by atoms with van der Waals surface area (Å²) >= 11 is 0. The van der Waals surface area contributed by atoms with E-state index in [0.29, 0.717) is 43.8 Å². The second-order valence-corrected chi connectivity index (χ2v) is 10.2. The Kier molecular flexibility index (Phi) is 8.44. The molecule has 0 N–H and O–H groups in total. The molecule has 2 heterocycles. The number of aryl methyl sites for hydroxylation is 4. The van der Waals surface area contributed by atoms with E-state index < -0.39 is 11.6 Å². The SMILES string of the molecule is CCOC(=O)C(C)(C)Oc1c(C)cc(CN(Cc2cn(-c3ccc(C)cc3)nn2)Cc2nnc(C)o2)cc1C. The average molecular weight is 533 g/mol. The molecule has 0 fully saturated rings. The monoisotopic (exact) mass is 532 g/mol.